The van der Waals surface area contributed by atoms with E-state index in [9.17, 15) is 8.42 Å². The van der Waals surface area contributed by atoms with Crippen LogP contribution in [0.15, 0.2) is 4.99 Å². The Hall–Kier alpha value is -0.0500. The van der Waals surface area contributed by atoms with Crippen molar-refractivity contribution in [3.8, 4) is 0 Å². The van der Waals surface area contributed by atoms with Crippen molar-refractivity contribution in [2.24, 2.45) is 16.3 Å². The average molecular weight is 447 g/mol. The summed E-state index contributed by atoms with van der Waals surface area (Å²) in [6.45, 7) is 11.7. The molecule has 1 atom stereocenters. The second-order valence-electron chi connectivity index (χ2n) is 7.15. The normalized spacial score (nSPS) is 14.5. The number of nitrogens with zero attached hydrogens (tertiary/aromatic N) is 1. The zero-order valence-electron chi connectivity index (χ0n) is 15.1. The molecular formula is C15H34IN3O2S. The Labute approximate surface area is 154 Å². The van der Waals surface area contributed by atoms with E-state index in [1.807, 2.05) is 6.92 Å². The molecule has 7 heteroatoms. The van der Waals surface area contributed by atoms with Crippen LogP contribution in [0.2, 0.25) is 0 Å². The molecule has 0 heterocycles. The molecule has 0 spiro atoms. The van der Waals surface area contributed by atoms with Crippen molar-refractivity contribution in [3.05, 3.63) is 0 Å². The number of hydrogen-bond acceptors (Lipinski definition) is 3. The Bertz CT molecular complexity index is 434. The van der Waals surface area contributed by atoms with E-state index in [1.54, 1.807) is 7.05 Å². The monoisotopic (exact) mass is 447 g/mol. The van der Waals surface area contributed by atoms with Gasteiger partial charge in [-0.25, -0.2) is 8.42 Å². The zero-order valence-corrected chi connectivity index (χ0v) is 18.2. The minimum Gasteiger partial charge on any atom is -0.356 e. The van der Waals surface area contributed by atoms with Crippen LogP contribution in [0.1, 0.15) is 47.5 Å². The Balaban J connectivity index is 0. The number of halogens is 1. The first-order valence-electron chi connectivity index (χ1n) is 7.60. The minimum atomic E-state index is -2.91. The number of guanidine groups is 1. The van der Waals surface area contributed by atoms with Crippen molar-refractivity contribution < 1.29 is 8.42 Å². The molecule has 0 saturated carbocycles. The topological polar surface area (TPSA) is 70.6 Å². The summed E-state index contributed by atoms with van der Waals surface area (Å²) in [4.78, 5) is 4.20. The van der Waals surface area contributed by atoms with Gasteiger partial charge in [0.2, 0.25) is 0 Å². The number of nitrogens with one attached hydrogen (secondary N) is 2. The SMILES string of the molecule is CN=C(NCC(C)(C)CC(C)C)NC(C)CCS(C)(=O)=O.I. The molecule has 134 valence electrons. The minimum absolute atomic E-state index is 0. The predicted molar refractivity (Wildman–Crippen MR) is 107 cm³/mol. The maximum Gasteiger partial charge on any atom is 0.191 e. The van der Waals surface area contributed by atoms with Crippen LogP contribution in [-0.4, -0.2) is 46.0 Å². The molecule has 0 aromatic rings. The molecule has 0 fully saturated rings. The van der Waals surface area contributed by atoms with Crippen LogP contribution in [0.3, 0.4) is 0 Å². The van der Waals surface area contributed by atoms with Gasteiger partial charge in [-0.2, -0.15) is 0 Å². The van der Waals surface area contributed by atoms with Gasteiger partial charge in [0.25, 0.3) is 0 Å². The van der Waals surface area contributed by atoms with Crippen molar-refractivity contribution >= 4 is 39.8 Å². The molecule has 22 heavy (non-hydrogen) atoms. The van der Waals surface area contributed by atoms with E-state index in [2.05, 4.69) is 43.3 Å². The highest BCUT2D eigenvalue weighted by molar-refractivity contribution is 14.0. The lowest BCUT2D eigenvalue weighted by Gasteiger charge is -2.28. The highest BCUT2D eigenvalue weighted by Crippen LogP contribution is 2.23. The number of sulfone groups is 1. The summed E-state index contributed by atoms with van der Waals surface area (Å²) < 4.78 is 22.4. The van der Waals surface area contributed by atoms with Gasteiger partial charge in [-0.05, 0) is 31.1 Å². The van der Waals surface area contributed by atoms with E-state index < -0.39 is 9.84 Å². The van der Waals surface area contributed by atoms with Crippen molar-refractivity contribution in [1.29, 1.82) is 0 Å². The van der Waals surface area contributed by atoms with Gasteiger partial charge in [0.1, 0.15) is 9.84 Å². The van der Waals surface area contributed by atoms with Gasteiger partial charge in [0.05, 0.1) is 5.75 Å². The summed E-state index contributed by atoms with van der Waals surface area (Å²) in [6.07, 6.45) is 2.98. The third kappa shape index (κ3) is 13.6. The summed E-state index contributed by atoms with van der Waals surface area (Å²) in [5.74, 6) is 1.58. The fourth-order valence-corrected chi connectivity index (χ4v) is 3.17. The fourth-order valence-electron chi connectivity index (χ4n) is 2.39. The summed E-state index contributed by atoms with van der Waals surface area (Å²) in [5, 5.41) is 6.57. The van der Waals surface area contributed by atoms with Crippen LogP contribution in [0.5, 0.6) is 0 Å². The first kappa shape index (κ1) is 24.2. The fraction of sp³-hybridized carbons (Fsp3) is 0.933. The van der Waals surface area contributed by atoms with Gasteiger partial charge in [-0.15, -0.1) is 24.0 Å². The molecule has 0 rings (SSSR count). The lowest BCUT2D eigenvalue weighted by molar-refractivity contribution is 0.286. The number of hydrogen-bond donors (Lipinski definition) is 2. The molecule has 0 saturated heterocycles. The average Bonchev–Trinajstić information content (AvgIpc) is 2.29. The van der Waals surface area contributed by atoms with E-state index in [4.69, 9.17) is 0 Å². The molecule has 2 N–H and O–H groups in total. The lowest BCUT2D eigenvalue weighted by Crippen LogP contribution is -2.46. The van der Waals surface area contributed by atoms with Gasteiger partial charge in [0, 0.05) is 25.9 Å². The van der Waals surface area contributed by atoms with Crippen molar-refractivity contribution in [2.45, 2.75) is 53.5 Å². The summed E-state index contributed by atoms with van der Waals surface area (Å²) in [7, 11) is -1.18. The Morgan fingerprint density at radius 2 is 1.77 bits per heavy atom. The molecule has 0 aliphatic heterocycles. The van der Waals surface area contributed by atoms with Gasteiger partial charge in [-0.3, -0.25) is 4.99 Å². The first-order chi connectivity index (χ1) is 9.45. The molecule has 0 radical (unpaired) electrons. The second kappa shape index (κ2) is 10.7. The highest BCUT2D eigenvalue weighted by Gasteiger charge is 2.20. The van der Waals surface area contributed by atoms with Crippen LogP contribution in [0.4, 0.5) is 0 Å². The van der Waals surface area contributed by atoms with Gasteiger partial charge in [0.15, 0.2) is 5.96 Å². The van der Waals surface area contributed by atoms with Crippen LogP contribution < -0.4 is 10.6 Å². The predicted octanol–water partition coefficient (Wildman–Crippen LogP) is 2.66. The second-order valence-corrected chi connectivity index (χ2v) is 9.41. The van der Waals surface area contributed by atoms with E-state index in [0.717, 1.165) is 18.9 Å². The molecule has 0 aliphatic rings. The van der Waals surface area contributed by atoms with E-state index in [-0.39, 0.29) is 41.2 Å². The molecule has 0 bridgehead atoms. The zero-order chi connectivity index (χ0) is 16.7. The number of rotatable bonds is 8. The van der Waals surface area contributed by atoms with Crippen LogP contribution >= 0.6 is 24.0 Å². The molecule has 0 aliphatic carbocycles. The van der Waals surface area contributed by atoms with Crippen molar-refractivity contribution in [2.75, 3.05) is 25.6 Å². The maximum absolute atomic E-state index is 11.2. The molecule has 0 amide bonds. The summed E-state index contributed by atoms with van der Waals surface area (Å²) >= 11 is 0. The van der Waals surface area contributed by atoms with Gasteiger partial charge >= 0.3 is 0 Å². The van der Waals surface area contributed by atoms with E-state index >= 15 is 0 Å². The van der Waals surface area contributed by atoms with E-state index in [1.165, 1.54) is 6.26 Å². The molecule has 5 nitrogen and oxygen atoms in total. The third-order valence-electron chi connectivity index (χ3n) is 3.22. The van der Waals surface area contributed by atoms with Gasteiger partial charge < -0.3 is 10.6 Å². The Morgan fingerprint density at radius 1 is 1.23 bits per heavy atom. The van der Waals surface area contributed by atoms with Crippen LogP contribution in [-0.2, 0) is 9.84 Å². The van der Waals surface area contributed by atoms with Crippen LogP contribution in [0.25, 0.3) is 0 Å². The smallest absolute Gasteiger partial charge is 0.191 e. The van der Waals surface area contributed by atoms with Crippen molar-refractivity contribution in [3.63, 3.8) is 0 Å². The standard InChI is InChI=1S/C15H33N3O2S.HI/c1-12(2)10-15(4,5)11-17-14(16-6)18-13(3)8-9-21(7,19)20;/h12-13H,8-11H2,1-7H3,(H2,16,17,18);1H. The molecule has 0 aromatic carbocycles. The maximum atomic E-state index is 11.2. The van der Waals surface area contributed by atoms with Crippen molar-refractivity contribution in [1.82, 2.24) is 10.6 Å². The van der Waals surface area contributed by atoms with Gasteiger partial charge in [-0.1, -0.05) is 27.7 Å². The Morgan fingerprint density at radius 3 is 2.18 bits per heavy atom. The molecule has 1 unspecified atom stereocenters. The quantitative estimate of drug-likeness (QED) is 0.341. The molecule has 0 aromatic heterocycles. The van der Waals surface area contributed by atoms with E-state index in [0.29, 0.717) is 12.3 Å². The Kier molecular flexibility index (Phi) is 11.7. The third-order valence-corrected chi connectivity index (χ3v) is 4.20. The largest absolute Gasteiger partial charge is 0.356 e. The first-order valence-corrected chi connectivity index (χ1v) is 9.66. The highest BCUT2D eigenvalue weighted by atomic mass is 127. The number of aliphatic imine (C=N–C) groups is 1. The summed E-state index contributed by atoms with van der Waals surface area (Å²) in [6, 6.07) is 0.0686. The lowest BCUT2D eigenvalue weighted by atomic mass is 9.84. The molecular weight excluding hydrogens is 413 g/mol. The summed E-state index contributed by atoms with van der Waals surface area (Å²) in [5.41, 5.74) is 0.196. The van der Waals surface area contributed by atoms with Crippen LogP contribution in [0, 0.1) is 11.3 Å².